The van der Waals surface area contributed by atoms with Crippen LogP contribution in [0.1, 0.15) is 16.2 Å². The summed E-state index contributed by atoms with van der Waals surface area (Å²) in [7, 11) is 1.18. The predicted octanol–water partition coefficient (Wildman–Crippen LogP) is 0.168. The minimum Gasteiger partial charge on any atom is -0.463 e. The van der Waals surface area contributed by atoms with Gasteiger partial charge in [0.25, 0.3) is 5.56 Å². The maximum atomic E-state index is 11.6. The monoisotopic (exact) mass is 231 g/mol. The van der Waals surface area contributed by atoms with Crippen molar-refractivity contribution < 1.29 is 14.3 Å². The maximum Gasteiger partial charge on any atom is 0.374 e. The van der Waals surface area contributed by atoms with E-state index in [1.165, 1.54) is 25.3 Å². The topological polar surface area (TPSA) is 89.1 Å². The second-order valence-electron chi connectivity index (χ2n) is 3.24. The first-order valence-electron chi connectivity index (χ1n) is 4.66. The lowest BCUT2D eigenvalue weighted by molar-refractivity contribution is 0.0587. The molecule has 1 N–H and O–H groups in total. The fourth-order valence-electron chi connectivity index (χ4n) is 1.40. The Hall–Kier alpha value is -2.50. The van der Waals surface area contributed by atoms with Gasteiger partial charge in [-0.2, -0.15) is 0 Å². The van der Waals surface area contributed by atoms with Gasteiger partial charge in [-0.3, -0.25) is 9.59 Å². The number of benzene rings is 1. The normalized spacial score (nSPS) is 10.2. The van der Waals surface area contributed by atoms with E-state index in [2.05, 4.69) is 14.7 Å². The lowest BCUT2D eigenvalue weighted by Gasteiger charge is -2.01. The number of aromatic nitrogens is 2. The number of ether oxygens (including phenoxy) is 1. The van der Waals surface area contributed by atoms with E-state index in [0.29, 0.717) is 0 Å². The minimum atomic E-state index is -0.746. The van der Waals surface area contributed by atoms with Gasteiger partial charge in [0.1, 0.15) is 0 Å². The van der Waals surface area contributed by atoms with Crippen LogP contribution < -0.4 is 5.56 Å². The number of fused-ring (bicyclic) bond motifs is 1. The summed E-state index contributed by atoms with van der Waals surface area (Å²) in [5.74, 6) is -0.947. The summed E-state index contributed by atoms with van der Waals surface area (Å²) in [6, 6.07) is 4.27. The molecule has 0 fully saturated rings. The molecule has 1 radical (unpaired) electrons. The van der Waals surface area contributed by atoms with E-state index in [-0.39, 0.29) is 22.3 Å². The molecule has 0 atom stereocenters. The van der Waals surface area contributed by atoms with E-state index >= 15 is 0 Å². The number of nitrogens with zero attached hydrogens (tertiary/aromatic N) is 1. The Labute approximate surface area is 95.2 Å². The van der Waals surface area contributed by atoms with Gasteiger partial charge in [-0.15, -0.1) is 0 Å². The van der Waals surface area contributed by atoms with Gasteiger partial charge in [-0.05, 0) is 18.2 Å². The Morgan fingerprint density at radius 1 is 1.47 bits per heavy atom. The molecule has 6 heteroatoms. The molecule has 0 aliphatic carbocycles. The summed E-state index contributed by atoms with van der Waals surface area (Å²) in [5, 5.41) is 0.289. The number of H-pyrrole nitrogens is 1. The highest BCUT2D eigenvalue weighted by molar-refractivity contribution is 5.90. The maximum absolute atomic E-state index is 11.6. The van der Waals surface area contributed by atoms with E-state index in [9.17, 15) is 14.4 Å². The zero-order valence-corrected chi connectivity index (χ0v) is 8.81. The Morgan fingerprint density at radius 3 is 2.88 bits per heavy atom. The highest BCUT2D eigenvalue weighted by Gasteiger charge is 2.11. The van der Waals surface area contributed by atoms with Crippen LogP contribution in [0.25, 0.3) is 10.9 Å². The number of hydrogen-bond acceptors (Lipinski definition) is 5. The van der Waals surface area contributed by atoms with Gasteiger partial charge >= 0.3 is 5.97 Å². The molecule has 1 heterocycles. The van der Waals surface area contributed by atoms with Crippen molar-refractivity contribution >= 4 is 23.2 Å². The molecule has 17 heavy (non-hydrogen) atoms. The number of carbonyl (C=O) groups excluding carboxylic acids is 2. The standard InChI is InChI=1S/C11H7N2O4/c1-17-11(16)9-12-8-4-6(5-14)2-3-7(8)10(15)13-9/h2-4H,1H3,(H,12,13,15). The summed E-state index contributed by atoms with van der Waals surface area (Å²) in [5.41, 5.74) is 0.0364. The summed E-state index contributed by atoms with van der Waals surface area (Å²) >= 11 is 0. The molecular formula is C11H7N2O4. The molecule has 0 saturated heterocycles. The van der Waals surface area contributed by atoms with E-state index in [1.54, 1.807) is 6.29 Å². The van der Waals surface area contributed by atoms with Crippen LogP contribution in [0, 0.1) is 0 Å². The highest BCUT2D eigenvalue weighted by atomic mass is 16.5. The van der Waals surface area contributed by atoms with Crippen molar-refractivity contribution in [2.45, 2.75) is 0 Å². The SMILES string of the molecule is COC(=O)c1nc2cc([C]=O)ccc2c(=O)[nH]1. The molecule has 2 rings (SSSR count). The van der Waals surface area contributed by atoms with Crippen molar-refractivity contribution in [2.75, 3.05) is 7.11 Å². The third kappa shape index (κ3) is 1.92. The first kappa shape index (κ1) is 11.0. The van der Waals surface area contributed by atoms with Crippen LogP contribution in [0.15, 0.2) is 23.0 Å². The quantitative estimate of drug-likeness (QED) is 0.744. The number of methoxy groups -OCH3 is 1. The first-order valence-corrected chi connectivity index (χ1v) is 4.66. The third-order valence-electron chi connectivity index (χ3n) is 2.20. The van der Waals surface area contributed by atoms with E-state index in [4.69, 9.17) is 0 Å². The van der Waals surface area contributed by atoms with Crippen molar-refractivity contribution in [3.8, 4) is 0 Å². The molecule has 0 bridgehead atoms. The second-order valence-corrected chi connectivity index (χ2v) is 3.24. The molecule has 0 saturated carbocycles. The van der Waals surface area contributed by atoms with Crippen molar-refractivity contribution in [1.29, 1.82) is 0 Å². The molecule has 6 nitrogen and oxygen atoms in total. The van der Waals surface area contributed by atoms with Gasteiger partial charge < -0.3 is 9.72 Å². The predicted molar refractivity (Wildman–Crippen MR) is 58.5 cm³/mol. The van der Waals surface area contributed by atoms with Gasteiger partial charge in [0.2, 0.25) is 12.1 Å². The van der Waals surface area contributed by atoms with Crippen LogP contribution >= 0.6 is 0 Å². The Balaban J connectivity index is 2.74. The van der Waals surface area contributed by atoms with Crippen LogP contribution in [-0.2, 0) is 9.53 Å². The Kier molecular flexibility index (Phi) is 2.70. The zero-order chi connectivity index (χ0) is 12.4. The molecule has 85 valence electrons. The number of rotatable bonds is 2. The fourth-order valence-corrected chi connectivity index (χ4v) is 1.40. The Bertz CT molecular complexity index is 660. The summed E-state index contributed by atoms with van der Waals surface area (Å²) < 4.78 is 4.45. The average molecular weight is 231 g/mol. The molecule has 2 aromatic rings. The van der Waals surface area contributed by atoms with Crippen LogP contribution in [0.5, 0.6) is 0 Å². The van der Waals surface area contributed by atoms with Gasteiger partial charge in [0.05, 0.1) is 18.0 Å². The van der Waals surface area contributed by atoms with Crippen LogP contribution in [0.3, 0.4) is 0 Å². The Morgan fingerprint density at radius 2 is 2.24 bits per heavy atom. The number of nitrogens with one attached hydrogen (secondary N) is 1. The van der Waals surface area contributed by atoms with Crippen LogP contribution in [0.4, 0.5) is 0 Å². The molecule has 1 aromatic heterocycles. The van der Waals surface area contributed by atoms with E-state index < -0.39 is 11.5 Å². The van der Waals surface area contributed by atoms with Gasteiger partial charge in [-0.25, -0.2) is 9.78 Å². The molecule has 0 unspecified atom stereocenters. The van der Waals surface area contributed by atoms with Gasteiger partial charge in [0.15, 0.2) is 0 Å². The third-order valence-corrected chi connectivity index (χ3v) is 2.20. The molecule has 0 aliphatic rings. The fraction of sp³-hybridized carbons (Fsp3) is 0.0909. The van der Waals surface area contributed by atoms with Crippen molar-refractivity contribution in [2.24, 2.45) is 0 Å². The summed E-state index contributed by atoms with van der Waals surface area (Å²) in [6.07, 6.45) is 1.68. The zero-order valence-electron chi connectivity index (χ0n) is 8.81. The average Bonchev–Trinajstić information content (AvgIpc) is 2.36. The molecular weight excluding hydrogens is 224 g/mol. The van der Waals surface area contributed by atoms with Crippen molar-refractivity contribution in [3.63, 3.8) is 0 Å². The van der Waals surface area contributed by atoms with Crippen molar-refractivity contribution in [1.82, 2.24) is 9.97 Å². The van der Waals surface area contributed by atoms with E-state index in [1.807, 2.05) is 0 Å². The minimum absolute atomic E-state index is 0.201. The lowest BCUT2D eigenvalue weighted by Crippen LogP contribution is -2.16. The first-order chi connectivity index (χ1) is 8.15. The molecule has 0 spiro atoms. The summed E-state index contributed by atoms with van der Waals surface area (Å²) in [6.45, 7) is 0. The largest absolute Gasteiger partial charge is 0.463 e. The van der Waals surface area contributed by atoms with Crippen molar-refractivity contribution in [3.05, 3.63) is 39.9 Å². The lowest BCUT2D eigenvalue weighted by atomic mass is 10.2. The summed E-state index contributed by atoms with van der Waals surface area (Å²) in [4.78, 5) is 39.5. The smallest absolute Gasteiger partial charge is 0.374 e. The van der Waals surface area contributed by atoms with Crippen LogP contribution in [0.2, 0.25) is 0 Å². The molecule has 1 aromatic carbocycles. The number of aromatic amines is 1. The van der Waals surface area contributed by atoms with Crippen LogP contribution in [-0.4, -0.2) is 29.3 Å². The van der Waals surface area contributed by atoms with E-state index in [0.717, 1.165) is 0 Å². The number of carbonyl (C=O) groups is 1. The van der Waals surface area contributed by atoms with Gasteiger partial charge in [0, 0.05) is 5.56 Å². The molecule has 0 amide bonds. The molecule has 0 aliphatic heterocycles. The second kappa shape index (κ2) is 4.17. The van der Waals surface area contributed by atoms with Gasteiger partial charge in [-0.1, -0.05) is 0 Å². The number of esters is 1. The highest BCUT2D eigenvalue weighted by Crippen LogP contribution is 2.09. The number of hydrogen-bond donors (Lipinski definition) is 1.